The van der Waals surface area contributed by atoms with Crippen LogP contribution in [0.3, 0.4) is 0 Å². The number of nitrogens with zero attached hydrogens (tertiary/aromatic N) is 2. The molecular formula is C15H29N3S. The van der Waals surface area contributed by atoms with Gasteiger partial charge in [-0.15, -0.1) is 11.3 Å². The van der Waals surface area contributed by atoms with Gasteiger partial charge in [0.15, 0.2) is 5.13 Å². The van der Waals surface area contributed by atoms with Crippen molar-refractivity contribution in [2.45, 2.75) is 60.0 Å². The van der Waals surface area contributed by atoms with E-state index in [4.69, 9.17) is 4.98 Å². The summed E-state index contributed by atoms with van der Waals surface area (Å²) in [6.07, 6.45) is 1.01. The first kappa shape index (κ1) is 16.4. The molecule has 0 bridgehead atoms. The highest BCUT2D eigenvalue weighted by atomic mass is 32.1. The third-order valence-electron chi connectivity index (χ3n) is 2.85. The number of hydrogen-bond acceptors (Lipinski definition) is 4. The first-order chi connectivity index (χ1) is 8.73. The highest BCUT2D eigenvalue weighted by Crippen LogP contribution is 2.27. The largest absolute Gasteiger partial charge is 0.351 e. The van der Waals surface area contributed by atoms with Crippen LogP contribution in [0.25, 0.3) is 0 Å². The quantitative estimate of drug-likeness (QED) is 0.863. The van der Waals surface area contributed by atoms with Gasteiger partial charge in [0.05, 0.1) is 5.69 Å². The third kappa shape index (κ3) is 5.49. The zero-order valence-corrected chi connectivity index (χ0v) is 14.3. The maximum Gasteiger partial charge on any atom is 0.185 e. The molecule has 19 heavy (non-hydrogen) atoms. The van der Waals surface area contributed by atoms with Crippen LogP contribution in [-0.2, 0) is 13.0 Å². The lowest BCUT2D eigenvalue weighted by Crippen LogP contribution is -2.35. The van der Waals surface area contributed by atoms with Gasteiger partial charge in [0.2, 0.25) is 0 Å². The molecule has 1 rings (SSSR count). The van der Waals surface area contributed by atoms with Crippen molar-refractivity contribution >= 4 is 16.5 Å². The van der Waals surface area contributed by atoms with Gasteiger partial charge in [0.1, 0.15) is 0 Å². The molecule has 4 heteroatoms. The molecule has 0 unspecified atom stereocenters. The molecular weight excluding hydrogens is 254 g/mol. The molecule has 0 aliphatic rings. The molecule has 0 saturated carbocycles. The highest BCUT2D eigenvalue weighted by Gasteiger charge is 2.16. The lowest BCUT2D eigenvalue weighted by atomic mass is 10.1. The summed E-state index contributed by atoms with van der Waals surface area (Å²) in [5, 5.41) is 4.71. The minimum absolute atomic E-state index is 0.152. The fraction of sp³-hybridized carbons (Fsp3) is 0.800. The molecule has 0 aromatic carbocycles. The van der Waals surface area contributed by atoms with Crippen LogP contribution in [0.2, 0.25) is 0 Å². The van der Waals surface area contributed by atoms with Crippen LogP contribution in [0.5, 0.6) is 0 Å². The van der Waals surface area contributed by atoms with Gasteiger partial charge in [-0.05, 0) is 33.1 Å². The Kier molecular flexibility index (Phi) is 5.81. The third-order valence-corrected chi connectivity index (χ3v) is 4.06. The summed E-state index contributed by atoms with van der Waals surface area (Å²) in [4.78, 5) is 8.44. The first-order valence-corrected chi connectivity index (χ1v) is 7.99. The first-order valence-electron chi connectivity index (χ1n) is 7.17. The summed E-state index contributed by atoms with van der Waals surface area (Å²) in [5.41, 5.74) is 1.39. The highest BCUT2D eigenvalue weighted by molar-refractivity contribution is 7.15. The Balaban J connectivity index is 2.79. The van der Waals surface area contributed by atoms with Gasteiger partial charge in [-0.1, -0.05) is 20.8 Å². The summed E-state index contributed by atoms with van der Waals surface area (Å²) in [6, 6.07) is 0. The molecule has 3 nitrogen and oxygen atoms in total. The van der Waals surface area contributed by atoms with E-state index in [2.05, 4.69) is 58.8 Å². The minimum Gasteiger partial charge on any atom is -0.351 e. The standard InChI is InChI=1S/C15H29N3S/c1-8-12-13(9-16-15(4,5)6)19-14(17-12)18(7)10-11(2)3/h11,16H,8-10H2,1-7H3. The lowest BCUT2D eigenvalue weighted by molar-refractivity contribution is 0.425. The van der Waals surface area contributed by atoms with Gasteiger partial charge in [-0.3, -0.25) is 0 Å². The maximum absolute atomic E-state index is 4.79. The Hall–Kier alpha value is -0.610. The zero-order valence-electron chi connectivity index (χ0n) is 13.5. The molecule has 1 heterocycles. The number of aryl methyl sites for hydroxylation is 1. The van der Waals surface area contributed by atoms with E-state index in [0.29, 0.717) is 5.92 Å². The van der Waals surface area contributed by atoms with Gasteiger partial charge >= 0.3 is 0 Å². The van der Waals surface area contributed by atoms with Crippen molar-refractivity contribution in [2.24, 2.45) is 5.92 Å². The average Bonchev–Trinajstić information content (AvgIpc) is 2.67. The fourth-order valence-electron chi connectivity index (χ4n) is 1.92. The average molecular weight is 283 g/mol. The summed E-state index contributed by atoms with van der Waals surface area (Å²) in [7, 11) is 2.14. The van der Waals surface area contributed by atoms with Crippen LogP contribution >= 0.6 is 11.3 Å². The molecule has 0 aliphatic heterocycles. The Morgan fingerprint density at radius 3 is 2.42 bits per heavy atom. The fourth-order valence-corrected chi connectivity index (χ4v) is 2.98. The second-order valence-electron chi connectivity index (χ2n) is 6.60. The summed E-state index contributed by atoms with van der Waals surface area (Å²) in [6.45, 7) is 15.2. The monoisotopic (exact) mass is 283 g/mol. The van der Waals surface area contributed by atoms with Crippen LogP contribution < -0.4 is 10.2 Å². The number of nitrogens with one attached hydrogen (secondary N) is 1. The normalized spacial score (nSPS) is 12.2. The van der Waals surface area contributed by atoms with Crippen molar-refractivity contribution in [1.29, 1.82) is 0 Å². The molecule has 0 atom stereocenters. The molecule has 110 valence electrons. The molecule has 0 radical (unpaired) electrons. The number of rotatable bonds is 6. The number of hydrogen-bond donors (Lipinski definition) is 1. The van der Waals surface area contributed by atoms with Gasteiger partial charge in [0.25, 0.3) is 0 Å². The van der Waals surface area contributed by atoms with Gasteiger partial charge in [-0.25, -0.2) is 4.98 Å². The number of anilines is 1. The van der Waals surface area contributed by atoms with Crippen LogP contribution in [0, 0.1) is 5.92 Å². The van der Waals surface area contributed by atoms with Crippen molar-refractivity contribution in [2.75, 3.05) is 18.5 Å². The predicted octanol–water partition coefficient (Wildman–Crippen LogP) is 3.69. The van der Waals surface area contributed by atoms with Crippen molar-refractivity contribution < 1.29 is 0 Å². The van der Waals surface area contributed by atoms with E-state index in [0.717, 1.165) is 24.6 Å². The molecule has 1 aromatic rings. The van der Waals surface area contributed by atoms with Crippen LogP contribution in [0.15, 0.2) is 0 Å². The second-order valence-corrected chi connectivity index (χ2v) is 7.66. The number of aromatic nitrogens is 1. The Morgan fingerprint density at radius 2 is 1.95 bits per heavy atom. The summed E-state index contributed by atoms with van der Waals surface area (Å²) >= 11 is 1.83. The maximum atomic E-state index is 4.79. The van der Waals surface area contributed by atoms with Crippen LogP contribution in [-0.4, -0.2) is 24.1 Å². The topological polar surface area (TPSA) is 28.2 Å². The smallest absolute Gasteiger partial charge is 0.185 e. The lowest BCUT2D eigenvalue weighted by Gasteiger charge is -2.20. The van der Waals surface area contributed by atoms with Crippen molar-refractivity contribution in [3.63, 3.8) is 0 Å². The number of thiazole rings is 1. The summed E-state index contributed by atoms with van der Waals surface area (Å²) < 4.78 is 0. The van der Waals surface area contributed by atoms with E-state index < -0.39 is 0 Å². The Bertz CT molecular complexity index is 391. The molecule has 0 amide bonds. The van der Waals surface area contributed by atoms with Crippen LogP contribution in [0.4, 0.5) is 5.13 Å². The molecule has 0 fully saturated rings. The second kappa shape index (κ2) is 6.71. The molecule has 1 aromatic heterocycles. The van der Waals surface area contributed by atoms with E-state index in [-0.39, 0.29) is 5.54 Å². The van der Waals surface area contributed by atoms with E-state index in [1.807, 2.05) is 11.3 Å². The molecule has 1 N–H and O–H groups in total. The Morgan fingerprint density at radius 1 is 1.32 bits per heavy atom. The molecule has 0 aliphatic carbocycles. The van der Waals surface area contributed by atoms with Gasteiger partial charge < -0.3 is 10.2 Å². The van der Waals surface area contributed by atoms with E-state index in [9.17, 15) is 0 Å². The van der Waals surface area contributed by atoms with E-state index >= 15 is 0 Å². The van der Waals surface area contributed by atoms with E-state index in [1.165, 1.54) is 10.6 Å². The SMILES string of the molecule is CCc1nc(N(C)CC(C)C)sc1CNC(C)(C)C. The molecule has 0 saturated heterocycles. The zero-order chi connectivity index (χ0) is 14.6. The minimum atomic E-state index is 0.152. The predicted molar refractivity (Wildman–Crippen MR) is 86.2 cm³/mol. The van der Waals surface area contributed by atoms with Crippen molar-refractivity contribution in [1.82, 2.24) is 10.3 Å². The van der Waals surface area contributed by atoms with Crippen molar-refractivity contribution in [3.8, 4) is 0 Å². The van der Waals surface area contributed by atoms with E-state index in [1.54, 1.807) is 0 Å². The van der Waals surface area contributed by atoms with Crippen LogP contribution in [0.1, 0.15) is 52.1 Å². The molecule has 0 spiro atoms. The van der Waals surface area contributed by atoms with Gasteiger partial charge in [0, 0.05) is 30.6 Å². The summed E-state index contributed by atoms with van der Waals surface area (Å²) in [5.74, 6) is 0.662. The van der Waals surface area contributed by atoms with Gasteiger partial charge in [-0.2, -0.15) is 0 Å². The van der Waals surface area contributed by atoms with Crippen molar-refractivity contribution in [3.05, 3.63) is 10.6 Å². The Labute approximate surface area is 122 Å².